The third-order valence-corrected chi connectivity index (χ3v) is 2.66. The fraction of sp³-hybridized carbons (Fsp3) is 0.444. The zero-order valence-corrected chi connectivity index (χ0v) is 11.2. The SMILES string of the molecule is CC(C)NC(=O)CNc1nc[nH]c(=O)c1I. The Bertz CT molecular complexity index is 430. The number of carbonyl (C=O) groups is 1. The van der Waals surface area contributed by atoms with Crippen LogP contribution in [0.4, 0.5) is 5.82 Å². The molecule has 1 amide bonds. The van der Waals surface area contributed by atoms with E-state index in [1.54, 1.807) is 0 Å². The molecule has 16 heavy (non-hydrogen) atoms. The lowest BCUT2D eigenvalue weighted by molar-refractivity contribution is -0.119. The molecule has 0 aliphatic carbocycles. The molecular weight excluding hydrogens is 323 g/mol. The number of nitrogens with zero attached hydrogens (tertiary/aromatic N) is 1. The molecule has 7 heteroatoms. The second-order valence-corrected chi connectivity index (χ2v) is 4.55. The minimum absolute atomic E-state index is 0.0977. The van der Waals surface area contributed by atoms with Gasteiger partial charge >= 0.3 is 0 Å². The molecular formula is C9H13IN4O2. The summed E-state index contributed by atoms with van der Waals surface area (Å²) in [6.45, 7) is 3.87. The summed E-state index contributed by atoms with van der Waals surface area (Å²) in [7, 11) is 0. The van der Waals surface area contributed by atoms with E-state index in [4.69, 9.17) is 0 Å². The van der Waals surface area contributed by atoms with Gasteiger partial charge in [-0.3, -0.25) is 9.59 Å². The Morgan fingerprint density at radius 2 is 2.31 bits per heavy atom. The number of carbonyl (C=O) groups excluding carboxylic acids is 1. The van der Waals surface area contributed by atoms with Crippen LogP contribution in [0.25, 0.3) is 0 Å². The largest absolute Gasteiger partial charge is 0.360 e. The molecule has 0 unspecified atom stereocenters. The fourth-order valence-corrected chi connectivity index (χ4v) is 1.53. The molecule has 0 aromatic carbocycles. The van der Waals surface area contributed by atoms with Gasteiger partial charge in [0.2, 0.25) is 5.91 Å². The quantitative estimate of drug-likeness (QED) is 0.691. The maximum atomic E-state index is 11.3. The van der Waals surface area contributed by atoms with E-state index in [-0.39, 0.29) is 24.1 Å². The van der Waals surface area contributed by atoms with E-state index >= 15 is 0 Å². The second kappa shape index (κ2) is 5.83. The number of halogens is 1. The number of rotatable bonds is 4. The van der Waals surface area contributed by atoms with Gasteiger partial charge in [-0.05, 0) is 36.4 Å². The van der Waals surface area contributed by atoms with E-state index in [2.05, 4.69) is 20.6 Å². The number of anilines is 1. The number of H-pyrrole nitrogens is 1. The number of nitrogens with one attached hydrogen (secondary N) is 3. The topological polar surface area (TPSA) is 86.9 Å². The molecule has 0 aliphatic rings. The van der Waals surface area contributed by atoms with Crippen molar-refractivity contribution in [2.75, 3.05) is 11.9 Å². The molecule has 0 radical (unpaired) electrons. The van der Waals surface area contributed by atoms with Crippen LogP contribution in [0.15, 0.2) is 11.1 Å². The molecule has 0 fully saturated rings. The lowest BCUT2D eigenvalue weighted by Crippen LogP contribution is -2.35. The zero-order chi connectivity index (χ0) is 12.1. The van der Waals surface area contributed by atoms with Crippen molar-refractivity contribution in [1.29, 1.82) is 0 Å². The van der Waals surface area contributed by atoms with Crippen LogP contribution in [-0.2, 0) is 4.79 Å². The highest BCUT2D eigenvalue weighted by molar-refractivity contribution is 14.1. The highest BCUT2D eigenvalue weighted by atomic mass is 127. The summed E-state index contributed by atoms with van der Waals surface area (Å²) in [5, 5.41) is 5.54. The number of aromatic nitrogens is 2. The van der Waals surface area contributed by atoms with Crippen molar-refractivity contribution >= 4 is 34.3 Å². The van der Waals surface area contributed by atoms with Gasteiger partial charge in [0.15, 0.2) is 0 Å². The summed E-state index contributed by atoms with van der Waals surface area (Å²) in [5.74, 6) is 0.288. The van der Waals surface area contributed by atoms with Crippen LogP contribution in [0.1, 0.15) is 13.8 Å². The predicted octanol–water partition coefficient (Wildman–Crippen LogP) is 0.311. The van der Waals surface area contributed by atoms with E-state index < -0.39 is 0 Å². The molecule has 1 heterocycles. The van der Waals surface area contributed by atoms with E-state index in [1.165, 1.54) is 6.33 Å². The molecule has 1 aromatic heterocycles. The summed E-state index contributed by atoms with van der Waals surface area (Å²) in [6.07, 6.45) is 1.30. The third-order valence-electron chi connectivity index (χ3n) is 1.66. The van der Waals surface area contributed by atoms with Crippen LogP contribution in [0.2, 0.25) is 0 Å². The van der Waals surface area contributed by atoms with Gasteiger partial charge in [-0.1, -0.05) is 0 Å². The third kappa shape index (κ3) is 3.80. The van der Waals surface area contributed by atoms with Gasteiger partial charge in [0, 0.05) is 6.04 Å². The summed E-state index contributed by atoms with van der Waals surface area (Å²) >= 11 is 1.88. The lowest BCUT2D eigenvalue weighted by atomic mass is 10.4. The van der Waals surface area contributed by atoms with Crippen molar-refractivity contribution < 1.29 is 4.79 Å². The molecule has 0 spiro atoms. The summed E-state index contributed by atoms with van der Waals surface area (Å²) < 4.78 is 0.442. The van der Waals surface area contributed by atoms with Crippen molar-refractivity contribution in [3.05, 3.63) is 20.3 Å². The van der Waals surface area contributed by atoms with Crippen LogP contribution in [0.5, 0.6) is 0 Å². The van der Waals surface area contributed by atoms with E-state index in [0.29, 0.717) is 9.39 Å². The fourth-order valence-electron chi connectivity index (χ4n) is 1.04. The molecule has 1 aromatic rings. The van der Waals surface area contributed by atoms with Crippen LogP contribution in [-0.4, -0.2) is 28.5 Å². The minimum atomic E-state index is -0.220. The first kappa shape index (κ1) is 12.9. The summed E-state index contributed by atoms with van der Waals surface area (Å²) in [6, 6.07) is 0.0977. The van der Waals surface area contributed by atoms with Gasteiger partial charge in [0.25, 0.3) is 5.56 Å². The highest BCUT2D eigenvalue weighted by Crippen LogP contribution is 2.07. The van der Waals surface area contributed by atoms with Crippen molar-refractivity contribution in [2.24, 2.45) is 0 Å². The average Bonchev–Trinajstić information content (AvgIpc) is 2.19. The summed E-state index contributed by atoms with van der Waals surface area (Å²) in [4.78, 5) is 28.9. The number of hydrogen-bond donors (Lipinski definition) is 3. The number of aromatic amines is 1. The van der Waals surface area contributed by atoms with E-state index in [1.807, 2.05) is 36.4 Å². The molecule has 0 saturated heterocycles. The minimum Gasteiger partial charge on any atom is -0.360 e. The predicted molar refractivity (Wildman–Crippen MR) is 69.3 cm³/mol. The summed E-state index contributed by atoms with van der Waals surface area (Å²) in [5.41, 5.74) is -0.220. The van der Waals surface area contributed by atoms with Crippen LogP contribution in [0, 0.1) is 3.57 Å². The molecule has 88 valence electrons. The molecule has 3 N–H and O–H groups in total. The molecule has 0 aliphatic heterocycles. The van der Waals surface area contributed by atoms with Gasteiger partial charge in [0.05, 0.1) is 12.9 Å². The van der Waals surface area contributed by atoms with Crippen LogP contribution < -0.4 is 16.2 Å². The lowest BCUT2D eigenvalue weighted by Gasteiger charge is -2.09. The Balaban J connectivity index is 2.58. The Kier molecular flexibility index (Phi) is 4.71. The van der Waals surface area contributed by atoms with Crippen molar-refractivity contribution in [3.63, 3.8) is 0 Å². The number of hydrogen-bond acceptors (Lipinski definition) is 4. The van der Waals surface area contributed by atoms with Gasteiger partial charge in [-0.25, -0.2) is 4.98 Å². The maximum absolute atomic E-state index is 11.3. The standard InChI is InChI=1S/C9H13IN4O2/c1-5(2)14-6(15)3-11-8-7(10)9(16)13-4-12-8/h4-5H,3H2,1-2H3,(H,14,15)(H2,11,12,13,16). The normalized spacial score (nSPS) is 10.2. The maximum Gasteiger partial charge on any atom is 0.266 e. The number of amides is 1. The molecule has 0 atom stereocenters. The van der Waals surface area contributed by atoms with E-state index in [9.17, 15) is 9.59 Å². The van der Waals surface area contributed by atoms with Gasteiger partial charge in [0.1, 0.15) is 9.39 Å². The van der Waals surface area contributed by atoms with Crippen molar-refractivity contribution in [3.8, 4) is 0 Å². The van der Waals surface area contributed by atoms with Gasteiger partial charge < -0.3 is 15.6 Å². The molecule has 0 bridgehead atoms. The Morgan fingerprint density at radius 3 is 2.94 bits per heavy atom. The highest BCUT2D eigenvalue weighted by Gasteiger charge is 2.07. The average molecular weight is 336 g/mol. The molecule has 0 saturated carbocycles. The van der Waals surface area contributed by atoms with Crippen LogP contribution >= 0.6 is 22.6 Å². The van der Waals surface area contributed by atoms with Gasteiger partial charge in [-0.2, -0.15) is 0 Å². The van der Waals surface area contributed by atoms with E-state index in [0.717, 1.165) is 0 Å². The monoisotopic (exact) mass is 336 g/mol. The second-order valence-electron chi connectivity index (χ2n) is 3.47. The first-order chi connectivity index (χ1) is 7.50. The zero-order valence-electron chi connectivity index (χ0n) is 9.00. The Labute approximate surface area is 106 Å². The molecule has 6 nitrogen and oxygen atoms in total. The van der Waals surface area contributed by atoms with Crippen molar-refractivity contribution in [2.45, 2.75) is 19.9 Å². The smallest absolute Gasteiger partial charge is 0.266 e. The first-order valence-corrected chi connectivity index (χ1v) is 5.85. The Hall–Kier alpha value is -1.12. The Morgan fingerprint density at radius 1 is 1.62 bits per heavy atom. The van der Waals surface area contributed by atoms with Gasteiger partial charge in [-0.15, -0.1) is 0 Å². The van der Waals surface area contributed by atoms with Crippen molar-refractivity contribution in [1.82, 2.24) is 15.3 Å². The first-order valence-electron chi connectivity index (χ1n) is 4.77. The molecule has 1 rings (SSSR count). The van der Waals surface area contributed by atoms with Crippen LogP contribution in [0.3, 0.4) is 0 Å².